The molecule has 1 saturated carbocycles. The first kappa shape index (κ1) is 17.2. The molecule has 1 heterocycles. The van der Waals surface area contributed by atoms with E-state index >= 15 is 0 Å². The Balaban J connectivity index is 1.62. The molecule has 0 saturated heterocycles. The van der Waals surface area contributed by atoms with Crippen molar-refractivity contribution >= 4 is 23.4 Å². The van der Waals surface area contributed by atoms with E-state index in [1.165, 1.54) is 32.1 Å². The molecular weight excluding hydrogens is 316 g/mol. The fraction of sp³-hybridized carbons (Fsp3) is 0.421. The number of benzene rings is 1. The van der Waals surface area contributed by atoms with Gasteiger partial charge in [0.1, 0.15) is 5.82 Å². The second-order valence-electron chi connectivity index (χ2n) is 6.17. The zero-order valence-electron chi connectivity index (χ0n) is 14.5. The second-order valence-corrected chi connectivity index (χ2v) is 6.17. The minimum atomic E-state index is -0.310. The highest BCUT2D eigenvalue weighted by atomic mass is 16.5. The lowest BCUT2D eigenvalue weighted by molar-refractivity contribution is 0.0526. The largest absolute Gasteiger partial charge is 0.462 e. The van der Waals surface area contributed by atoms with Crippen molar-refractivity contribution in [3.63, 3.8) is 0 Å². The molecule has 0 aliphatic heterocycles. The van der Waals surface area contributed by atoms with E-state index in [4.69, 9.17) is 4.74 Å². The molecule has 6 nitrogen and oxygen atoms in total. The quantitative estimate of drug-likeness (QED) is 0.770. The van der Waals surface area contributed by atoms with E-state index < -0.39 is 0 Å². The number of aromatic nitrogens is 2. The Morgan fingerprint density at radius 3 is 2.64 bits per heavy atom. The molecule has 0 atom stereocenters. The maximum Gasteiger partial charge on any atom is 0.338 e. The van der Waals surface area contributed by atoms with Crippen LogP contribution < -0.4 is 10.6 Å². The normalized spacial score (nSPS) is 14.8. The predicted molar refractivity (Wildman–Crippen MR) is 98.2 cm³/mol. The molecule has 132 valence electrons. The predicted octanol–water partition coefficient (Wildman–Crippen LogP) is 4.14. The summed E-state index contributed by atoms with van der Waals surface area (Å²) in [5.41, 5.74) is 1.39. The highest BCUT2D eigenvalue weighted by molar-refractivity contribution is 5.89. The van der Waals surface area contributed by atoms with Gasteiger partial charge in [-0.05, 0) is 50.1 Å². The van der Waals surface area contributed by atoms with Crippen LogP contribution in [0.4, 0.5) is 17.5 Å². The third-order valence-electron chi connectivity index (χ3n) is 4.26. The van der Waals surface area contributed by atoms with Gasteiger partial charge in [-0.1, -0.05) is 19.3 Å². The highest BCUT2D eigenvalue weighted by Gasteiger charge is 2.14. The minimum Gasteiger partial charge on any atom is -0.462 e. The number of hydrogen-bond donors (Lipinski definition) is 2. The Kier molecular flexibility index (Phi) is 5.82. The van der Waals surface area contributed by atoms with Crippen LogP contribution in [0.25, 0.3) is 0 Å². The number of ether oxygens (including phenoxy) is 1. The van der Waals surface area contributed by atoms with Crippen LogP contribution in [0.15, 0.2) is 36.5 Å². The molecule has 6 heteroatoms. The van der Waals surface area contributed by atoms with Crippen LogP contribution in [-0.4, -0.2) is 28.6 Å². The van der Waals surface area contributed by atoms with Gasteiger partial charge in [0.25, 0.3) is 0 Å². The van der Waals surface area contributed by atoms with E-state index in [0.29, 0.717) is 24.2 Å². The third-order valence-corrected chi connectivity index (χ3v) is 4.26. The van der Waals surface area contributed by atoms with Gasteiger partial charge in [-0.25, -0.2) is 9.78 Å². The molecule has 1 fully saturated rings. The summed E-state index contributed by atoms with van der Waals surface area (Å²) in [6, 6.07) is 9.44. The van der Waals surface area contributed by atoms with Crippen LogP contribution in [0.1, 0.15) is 49.4 Å². The summed E-state index contributed by atoms with van der Waals surface area (Å²) in [5.74, 6) is 1.06. The molecule has 1 aliphatic carbocycles. The van der Waals surface area contributed by atoms with Crippen LogP contribution in [0.3, 0.4) is 0 Å². The third kappa shape index (κ3) is 4.92. The van der Waals surface area contributed by atoms with E-state index in [1.807, 2.05) is 18.2 Å². The molecular formula is C19H24N4O2. The molecule has 1 aliphatic rings. The highest BCUT2D eigenvalue weighted by Crippen LogP contribution is 2.21. The van der Waals surface area contributed by atoms with Gasteiger partial charge in [-0.2, -0.15) is 4.98 Å². The second kappa shape index (κ2) is 8.46. The van der Waals surface area contributed by atoms with E-state index in [9.17, 15) is 4.79 Å². The average Bonchev–Trinajstić information content (AvgIpc) is 2.64. The number of nitrogens with one attached hydrogen (secondary N) is 2. The summed E-state index contributed by atoms with van der Waals surface area (Å²) in [6.45, 7) is 2.17. The maximum atomic E-state index is 11.7. The monoisotopic (exact) mass is 340 g/mol. The standard InChI is InChI=1S/C19H24N4O2/c1-2-25-18(24)14-8-10-16(11-9-14)21-17-12-13-20-19(23-17)22-15-6-4-3-5-7-15/h8-13,15H,2-7H2,1H3,(H2,20,21,22,23). The van der Waals surface area contributed by atoms with E-state index in [0.717, 1.165) is 11.5 Å². The molecule has 0 amide bonds. The molecule has 2 aromatic rings. The van der Waals surface area contributed by atoms with Gasteiger partial charge in [0.05, 0.1) is 12.2 Å². The summed E-state index contributed by atoms with van der Waals surface area (Å²) < 4.78 is 4.99. The number of nitrogens with zero attached hydrogens (tertiary/aromatic N) is 2. The van der Waals surface area contributed by atoms with E-state index in [-0.39, 0.29) is 5.97 Å². The Labute approximate surface area is 148 Å². The molecule has 1 aromatic heterocycles. The van der Waals surface area contributed by atoms with Gasteiger partial charge in [-0.3, -0.25) is 0 Å². The number of carbonyl (C=O) groups excluding carboxylic acids is 1. The lowest BCUT2D eigenvalue weighted by atomic mass is 9.96. The van der Waals surface area contributed by atoms with Crippen LogP contribution in [0.2, 0.25) is 0 Å². The van der Waals surface area contributed by atoms with Crippen molar-refractivity contribution in [1.29, 1.82) is 0 Å². The first-order valence-electron chi connectivity index (χ1n) is 8.88. The smallest absolute Gasteiger partial charge is 0.338 e. The Hall–Kier alpha value is -2.63. The molecule has 0 spiro atoms. The van der Waals surface area contributed by atoms with Crippen molar-refractivity contribution < 1.29 is 9.53 Å². The first-order valence-corrected chi connectivity index (χ1v) is 8.88. The van der Waals surface area contributed by atoms with Gasteiger partial charge in [0, 0.05) is 17.9 Å². The van der Waals surface area contributed by atoms with Gasteiger partial charge >= 0.3 is 5.97 Å². The Morgan fingerprint density at radius 1 is 1.16 bits per heavy atom. The Bertz CT molecular complexity index is 697. The minimum absolute atomic E-state index is 0.310. The summed E-state index contributed by atoms with van der Waals surface area (Å²) in [6.07, 6.45) is 7.95. The van der Waals surface area contributed by atoms with Gasteiger partial charge in [0.15, 0.2) is 0 Å². The molecule has 2 N–H and O–H groups in total. The molecule has 0 unspecified atom stereocenters. The number of esters is 1. The zero-order chi connectivity index (χ0) is 17.5. The van der Waals surface area contributed by atoms with Crippen LogP contribution >= 0.6 is 0 Å². The molecule has 0 bridgehead atoms. The maximum absolute atomic E-state index is 11.7. The van der Waals surface area contributed by atoms with Crippen LogP contribution in [0, 0.1) is 0 Å². The Morgan fingerprint density at radius 2 is 1.92 bits per heavy atom. The van der Waals surface area contributed by atoms with Crippen molar-refractivity contribution in [2.75, 3.05) is 17.2 Å². The van der Waals surface area contributed by atoms with Crippen molar-refractivity contribution in [2.24, 2.45) is 0 Å². The number of hydrogen-bond acceptors (Lipinski definition) is 6. The zero-order valence-corrected chi connectivity index (χ0v) is 14.5. The molecule has 25 heavy (non-hydrogen) atoms. The lowest BCUT2D eigenvalue weighted by Crippen LogP contribution is -2.23. The van der Waals surface area contributed by atoms with Crippen LogP contribution in [0.5, 0.6) is 0 Å². The molecule has 3 rings (SSSR count). The number of rotatable bonds is 6. The lowest BCUT2D eigenvalue weighted by Gasteiger charge is -2.22. The number of anilines is 3. The fourth-order valence-electron chi connectivity index (χ4n) is 2.98. The van der Waals surface area contributed by atoms with Crippen LogP contribution in [-0.2, 0) is 4.74 Å². The van der Waals surface area contributed by atoms with Gasteiger partial charge in [-0.15, -0.1) is 0 Å². The summed E-state index contributed by atoms with van der Waals surface area (Å²) in [4.78, 5) is 20.5. The van der Waals surface area contributed by atoms with E-state index in [1.54, 1.807) is 25.3 Å². The summed E-state index contributed by atoms with van der Waals surface area (Å²) in [5, 5.41) is 6.66. The average molecular weight is 340 g/mol. The SMILES string of the molecule is CCOC(=O)c1ccc(Nc2ccnc(NC3CCCCC3)n2)cc1. The number of carbonyl (C=O) groups is 1. The fourth-order valence-corrected chi connectivity index (χ4v) is 2.98. The van der Waals surface area contributed by atoms with Gasteiger partial charge < -0.3 is 15.4 Å². The van der Waals surface area contributed by atoms with Crippen molar-refractivity contribution in [1.82, 2.24) is 9.97 Å². The topological polar surface area (TPSA) is 76.1 Å². The van der Waals surface area contributed by atoms with Crippen molar-refractivity contribution in [3.05, 3.63) is 42.1 Å². The van der Waals surface area contributed by atoms with Gasteiger partial charge in [0.2, 0.25) is 5.95 Å². The molecule has 0 radical (unpaired) electrons. The first-order chi connectivity index (χ1) is 12.2. The summed E-state index contributed by atoms with van der Waals surface area (Å²) in [7, 11) is 0. The molecule has 1 aromatic carbocycles. The summed E-state index contributed by atoms with van der Waals surface area (Å²) >= 11 is 0. The van der Waals surface area contributed by atoms with Crippen molar-refractivity contribution in [2.45, 2.75) is 45.1 Å². The van der Waals surface area contributed by atoms with E-state index in [2.05, 4.69) is 20.6 Å². The van der Waals surface area contributed by atoms with Crippen molar-refractivity contribution in [3.8, 4) is 0 Å².